The minimum Gasteiger partial charge on any atom is -0.344 e. The van der Waals surface area contributed by atoms with Crippen LogP contribution in [0.15, 0.2) is 0 Å². The molecule has 0 atom stereocenters. The summed E-state index contributed by atoms with van der Waals surface area (Å²) >= 11 is 0. The molecule has 0 heterocycles. The van der Waals surface area contributed by atoms with Gasteiger partial charge in [0.25, 0.3) is 0 Å². The van der Waals surface area contributed by atoms with E-state index in [1.165, 1.54) is 0 Å². The van der Waals surface area contributed by atoms with Gasteiger partial charge >= 0.3 is 0 Å². The fourth-order valence-corrected chi connectivity index (χ4v) is 0. The van der Waals surface area contributed by atoms with Crippen LogP contribution in [0.3, 0.4) is 0 Å². The Bertz CT molecular complexity index is 6.00. The summed E-state index contributed by atoms with van der Waals surface area (Å²) in [4.78, 5) is 0. The van der Waals surface area contributed by atoms with Crippen molar-refractivity contribution in [3.63, 3.8) is 0 Å². The van der Waals surface area contributed by atoms with E-state index in [0.29, 0.717) is 0 Å². The Balaban J connectivity index is 0. The van der Waals surface area contributed by atoms with Gasteiger partial charge in [-0.25, -0.2) is 0 Å². The van der Waals surface area contributed by atoms with Crippen molar-refractivity contribution in [3.8, 4) is 0 Å². The molecule has 4 heteroatoms. The molecule has 0 bridgehead atoms. The van der Waals surface area contributed by atoms with E-state index < -0.39 is 0 Å². The molecule has 1 nitrogen and oxygen atoms in total. The van der Waals surface area contributed by atoms with E-state index >= 15 is 0 Å². The molecule has 1 radical (unpaired) electrons. The van der Waals surface area contributed by atoms with Crippen LogP contribution >= 0.6 is 24.8 Å². The molecule has 27 valence electrons. The van der Waals surface area contributed by atoms with E-state index in [1.807, 2.05) is 0 Å². The normalized spacial score (nSPS) is 0. The first-order valence-corrected chi connectivity index (χ1v) is 0. The van der Waals surface area contributed by atoms with E-state index in [2.05, 4.69) is 0 Å². The van der Waals surface area contributed by atoms with Crippen LogP contribution in [0.25, 0.3) is 0 Å². The van der Waals surface area contributed by atoms with Gasteiger partial charge in [-0.15, -0.1) is 24.8 Å². The molecule has 0 aromatic carbocycles. The van der Waals surface area contributed by atoms with Crippen LogP contribution in [0, 0.1) is 0 Å². The van der Waals surface area contributed by atoms with Crippen molar-refractivity contribution < 1.29 is 32.7 Å². The van der Waals surface area contributed by atoms with Gasteiger partial charge in [0, 0.05) is 32.7 Å². The maximum absolute atomic E-state index is 0. The zero-order valence-electron chi connectivity index (χ0n) is 2.10. The number of hydrogen-bond acceptors (Lipinski definition) is 1. The Labute approximate surface area is 63.2 Å². The van der Waals surface area contributed by atoms with Crippen LogP contribution in [0.5, 0.6) is 0 Å². The largest absolute Gasteiger partial charge is 0.344 e. The number of halogens is 2. The minimum absolute atomic E-state index is 0. The van der Waals surface area contributed by atoms with E-state index in [0.717, 1.165) is 0 Å². The van der Waals surface area contributed by atoms with Gasteiger partial charge in [0.2, 0.25) is 0 Å². The molecule has 0 fully saturated rings. The molecule has 0 aliphatic heterocycles. The van der Waals surface area contributed by atoms with Crippen molar-refractivity contribution in [3.05, 3.63) is 0 Å². The smallest absolute Gasteiger partial charge is 0 e. The summed E-state index contributed by atoms with van der Waals surface area (Å²) in [6, 6.07) is 0. The molecule has 0 aliphatic carbocycles. The maximum Gasteiger partial charge on any atom is 0 e. The predicted octanol–water partition coefficient (Wildman–Crippen LogP) is 1.00. The van der Waals surface area contributed by atoms with Gasteiger partial charge in [-0.05, 0) is 0 Å². The molecule has 0 rings (SSSR count). The van der Waals surface area contributed by atoms with Gasteiger partial charge in [-0.2, -0.15) is 0 Å². The van der Waals surface area contributed by atoms with Crippen LogP contribution in [0.4, 0.5) is 0 Å². The van der Waals surface area contributed by atoms with Crippen molar-refractivity contribution in [2.45, 2.75) is 0 Å². The zero-order chi connectivity index (χ0) is 0. The molecule has 0 amide bonds. The molecule has 0 aromatic heterocycles. The minimum atomic E-state index is 0. The van der Waals surface area contributed by atoms with Gasteiger partial charge < -0.3 is 6.15 Å². The number of rotatable bonds is 0. The third kappa shape index (κ3) is 9.43. The van der Waals surface area contributed by atoms with Crippen LogP contribution < -0.4 is 6.15 Å². The van der Waals surface area contributed by atoms with Crippen molar-refractivity contribution in [1.29, 1.82) is 0 Å². The average Bonchev–Trinajstić information content (AvgIpc) is 0. The van der Waals surface area contributed by atoms with Gasteiger partial charge in [0.05, 0.1) is 0 Å². The fourth-order valence-electron chi connectivity index (χ4n) is 0. The molecule has 0 saturated heterocycles. The topological polar surface area (TPSA) is 35.0 Å². The quantitative estimate of drug-likeness (QED) is 0.591. The van der Waals surface area contributed by atoms with E-state index in [9.17, 15) is 0 Å². The summed E-state index contributed by atoms with van der Waals surface area (Å²) in [6.07, 6.45) is 0. The molecule has 0 aromatic rings. The summed E-state index contributed by atoms with van der Waals surface area (Å²) in [5.41, 5.74) is 0. The second kappa shape index (κ2) is 22.8. The molecular formula is H5Cl2NY. The molecule has 0 unspecified atom stereocenters. The summed E-state index contributed by atoms with van der Waals surface area (Å²) in [6.45, 7) is 0. The van der Waals surface area contributed by atoms with E-state index in [-0.39, 0.29) is 63.7 Å². The van der Waals surface area contributed by atoms with Gasteiger partial charge in [-0.3, -0.25) is 0 Å². The van der Waals surface area contributed by atoms with Crippen LogP contribution in [-0.4, -0.2) is 0 Å². The van der Waals surface area contributed by atoms with E-state index in [4.69, 9.17) is 0 Å². The van der Waals surface area contributed by atoms with Crippen molar-refractivity contribution in [1.82, 2.24) is 6.15 Å². The summed E-state index contributed by atoms with van der Waals surface area (Å²) in [5, 5.41) is 0. The average molecular weight is 179 g/mol. The maximum atomic E-state index is 0. The summed E-state index contributed by atoms with van der Waals surface area (Å²) < 4.78 is 0. The third-order valence-corrected chi connectivity index (χ3v) is 0. The standard InChI is InChI=1S/2ClH.H3N.Y/h2*1H;1H3;. The van der Waals surface area contributed by atoms with Gasteiger partial charge in [-0.1, -0.05) is 0 Å². The summed E-state index contributed by atoms with van der Waals surface area (Å²) in [5.74, 6) is 0. The zero-order valence-corrected chi connectivity index (χ0v) is 6.57. The Morgan fingerprint density at radius 2 is 0.750 bits per heavy atom. The van der Waals surface area contributed by atoms with Crippen LogP contribution in [0.2, 0.25) is 0 Å². The first-order chi connectivity index (χ1) is 0. The van der Waals surface area contributed by atoms with Crippen LogP contribution in [0.1, 0.15) is 0 Å². The summed E-state index contributed by atoms with van der Waals surface area (Å²) in [7, 11) is 0. The van der Waals surface area contributed by atoms with Crippen molar-refractivity contribution in [2.75, 3.05) is 0 Å². The Morgan fingerprint density at radius 3 is 0.750 bits per heavy atom. The van der Waals surface area contributed by atoms with Crippen LogP contribution in [-0.2, 0) is 32.7 Å². The first kappa shape index (κ1) is 45.0. The Hall–Kier alpha value is 1.64. The predicted molar refractivity (Wildman–Crippen MR) is 19.5 cm³/mol. The third-order valence-electron chi connectivity index (χ3n) is 0. The number of hydrogen-bond donors (Lipinski definition) is 1. The van der Waals surface area contributed by atoms with Crippen molar-refractivity contribution in [2.24, 2.45) is 0 Å². The van der Waals surface area contributed by atoms with E-state index in [1.54, 1.807) is 0 Å². The molecule has 3 N–H and O–H groups in total. The Morgan fingerprint density at radius 1 is 0.750 bits per heavy atom. The van der Waals surface area contributed by atoms with Crippen molar-refractivity contribution >= 4 is 24.8 Å². The van der Waals surface area contributed by atoms with Gasteiger partial charge in [0.15, 0.2) is 0 Å². The molecule has 0 spiro atoms. The Kier molecular flexibility index (Phi) is 257. The SMILES string of the molecule is Cl.Cl.N.[Y]. The second-order valence-electron chi connectivity index (χ2n) is 0. The monoisotopic (exact) mass is 178 g/mol. The fraction of sp³-hybridized carbons (Fsp3) is 0. The molecule has 0 saturated carbocycles. The molecular weight excluding hydrogens is 174 g/mol. The second-order valence-corrected chi connectivity index (χ2v) is 0. The molecule has 4 heavy (non-hydrogen) atoms. The first-order valence-electron chi connectivity index (χ1n) is 0. The molecule has 0 aliphatic rings. The van der Waals surface area contributed by atoms with Gasteiger partial charge in [0.1, 0.15) is 0 Å².